The average molecular weight is 290 g/mol. The molecule has 0 spiro atoms. The fourth-order valence-corrected chi connectivity index (χ4v) is 3.42. The van der Waals surface area contributed by atoms with Crippen molar-refractivity contribution in [2.45, 2.75) is 24.0 Å². The van der Waals surface area contributed by atoms with Crippen LogP contribution in [-0.2, 0) is 0 Å². The zero-order chi connectivity index (χ0) is 14.2. The Morgan fingerprint density at radius 2 is 2.30 bits per heavy atom. The third-order valence-corrected chi connectivity index (χ3v) is 5.42. The number of nitrogens with two attached hydrogens (primary N) is 1. The maximum Gasteiger partial charge on any atom is 0.260 e. The molecule has 1 aromatic carbocycles. The molecule has 0 unspecified atom stereocenters. The van der Waals surface area contributed by atoms with Crippen LogP contribution in [0.2, 0.25) is 0 Å². The van der Waals surface area contributed by atoms with Gasteiger partial charge in [-0.1, -0.05) is 6.42 Å². The Hall–Kier alpha value is -1.69. The minimum absolute atomic E-state index is 0.156. The van der Waals surface area contributed by atoms with Gasteiger partial charge in [-0.15, -0.1) is 0 Å². The maximum atomic E-state index is 12.0. The van der Waals surface area contributed by atoms with Crippen molar-refractivity contribution in [2.75, 3.05) is 23.9 Å². The van der Waals surface area contributed by atoms with Gasteiger partial charge < -0.3 is 11.1 Å². The third-order valence-electron chi connectivity index (χ3n) is 4.01. The highest BCUT2D eigenvalue weighted by atomic mass is 32.2. The lowest BCUT2D eigenvalue weighted by Crippen LogP contribution is -2.40. The standard InChI is InChI=1S/C14H18N4OS/c1-20-14(5-2-6-14)8-16-13-17-11-4-3-9(15)7-10(11)12(19)18-13/h3-4,7H,2,5-6,8,15H2,1H3,(H2,16,17,18,19). The second-order valence-electron chi connectivity index (χ2n) is 5.29. The summed E-state index contributed by atoms with van der Waals surface area (Å²) >= 11 is 1.89. The van der Waals surface area contributed by atoms with Gasteiger partial charge >= 0.3 is 0 Å². The highest BCUT2D eigenvalue weighted by Gasteiger charge is 2.35. The van der Waals surface area contributed by atoms with E-state index in [0.29, 0.717) is 27.3 Å². The molecule has 1 heterocycles. The van der Waals surface area contributed by atoms with Crippen molar-refractivity contribution in [1.29, 1.82) is 0 Å². The molecule has 2 aromatic rings. The van der Waals surface area contributed by atoms with Crippen LogP contribution < -0.4 is 16.6 Å². The van der Waals surface area contributed by atoms with Crippen LogP contribution >= 0.6 is 11.8 Å². The van der Waals surface area contributed by atoms with Gasteiger partial charge in [-0.3, -0.25) is 9.78 Å². The van der Waals surface area contributed by atoms with E-state index < -0.39 is 0 Å². The summed E-state index contributed by atoms with van der Waals surface area (Å²) in [5.74, 6) is 0.535. The number of fused-ring (bicyclic) bond motifs is 1. The molecule has 0 saturated heterocycles. The largest absolute Gasteiger partial charge is 0.399 e. The molecule has 6 heteroatoms. The number of hydrogen-bond donors (Lipinski definition) is 3. The number of rotatable bonds is 4. The van der Waals surface area contributed by atoms with E-state index in [1.807, 2.05) is 11.8 Å². The van der Waals surface area contributed by atoms with E-state index in [1.54, 1.807) is 18.2 Å². The minimum Gasteiger partial charge on any atom is -0.399 e. The topological polar surface area (TPSA) is 83.8 Å². The molecule has 1 fully saturated rings. The lowest BCUT2D eigenvalue weighted by atomic mass is 9.84. The van der Waals surface area contributed by atoms with Crippen LogP contribution in [0.3, 0.4) is 0 Å². The Balaban J connectivity index is 1.86. The quantitative estimate of drug-likeness (QED) is 0.752. The molecule has 0 amide bonds. The summed E-state index contributed by atoms with van der Waals surface area (Å²) < 4.78 is 0.300. The van der Waals surface area contributed by atoms with Crippen LogP contribution in [0, 0.1) is 0 Å². The van der Waals surface area contributed by atoms with Crippen molar-refractivity contribution in [3.05, 3.63) is 28.6 Å². The third kappa shape index (κ3) is 2.35. The Bertz CT molecular complexity index is 688. The number of aromatic nitrogens is 2. The molecule has 20 heavy (non-hydrogen) atoms. The molecule has 0 aliphatic heterocycles. The lowest BCUT2D eigenvalue weighted by molar-refractivity contribution is 0.379. The van der Waals surface area contributed by atoms with Crippen LogP contribution in [0.15, 0.2) is 23.0 Å². The van der Waals surface area contributed by atoms with E-state index in [4.69, 9.17) is 5.73 Å². The molecule has 4 N–H and O–H groups in total. The molecule has 0 atom stereocenters. The van der Waals surface area contributed by atoms with Crippen LogP contribution in [0.25, 0.3) is 10.9 Å². The SMILES string of the molecule is CSC1(CNc2nc3ccc(N)cc3c(=O)[nH]2)CCC1. The highest BCUT2D eigenvalue weighted by molar-refractivity contribution is 8.00. The first-order valence-corrected chi connectivity index (χ1v) is 7.93. The highest BCUT2D eigenvalue weighted by Crippen LogP contribution is 2.42. The average Bonchev–Trinajstić information content (AvgIpc) is 2.39. The molecular formula is C14H18N4OS. The molecule has 1 aliphatic rings. The summed E-state index contributed by atoms with van der Waals surface area (Å²) in [7, 11) is 0. The fourth-order valence-electron chi connectivity index (χ4n) is 2.51. The van der Waals surface area contributed by atoms with E-state index in [-0.39, 0.29) is 5.56 Å². The number of nitrogens with zero attached hydrogens (tertiary/aromatic N) is 1. The molecule has 1 saturated carbocycles. The van der Waals surface area contributed by atoms with Crippen LogP contribution in [0.4, 0.5) is 11.6 Å². The van der Waals surface area contributed by atoms with Crippen molar-refractivity contribution in [3.63, 3.8) is 0 Å². The van der Waals surface area contributed by atoms with Gasteiger partial charge in [-0.2, -0.15) is 11.8 Å². The summed E-state index contributed by atoms with van der Waals surface area (Å²) in [4.78, 5) is 19.3. The summed E-state index contributed by atoms with van der Waals surface area (Å²) in [6.45, 7) is 0.831. The van der Waals surface area contributed by atoms with Crippen molar-refractivity contribution >= 4 is 34.3 Å². The lowest BCUT2D eigenvalue weighted by Gasteiger charge is -2.40. The Morgan fingerprint density at radius 1 is 1.50 bits per heavy atom. The molecular weight excluding hydrogens is 272 g/mol. The minimum atomic E-state index is -0.156. The molecule has 0 bridgehead atoms. The van der Waals surface area contributed by atoms with E-state index in [2.05, 4.69) is 21.5 Å². The van der Waals surface area contributed by atoms with Crippen molar-refractivity contribution < 1.29 is 0 Å². The number of H-pyrrole nitrogens is 1. The molecule has 3 rings (SSSR count). The van der Waals surface area contributed by atoms with Crippen molar-refractivity contribution in [1.82, 2.24) is 9.97 Å². The Morgan fingerprint density at radius 3 is 2.95 bits per heavy atom. The normalized spacial score (nSPS) is 16.9. The second-order valence-corrected chi connectivity index (χ2v) is 6.56. The maximum absolute atomic E-state index is 12.0. The van der Waals surface area contributed by atoms with Crippen molar-refractivity contribution in [3.8, 4) is 0 Å². The number of nitrogen functional groups attached to an aromatic ring is 1. The van der Waals surface area contributed by atoms with Gasteiger partial charge in [0.2, 0.25) is 5.95 Å². The summed E-state index contributed by atoms with van der Waals surface area (Å²) in [5.41, 5.74) is 6.77. The number of hydrogen-bond acceptors (Lipinski definition) is 5. The monoisotopic (exact) mass is 290 g/mol. The number of nitrogens with one attached hydrogen (secondary N) is 2. The Labute approximate surface area is 121 Å². The predicted molar refractivity (Wildman–Crippen MR) is 85.4 cm³/mol. The van der Waals surface area contributed by atoms with Crippen LogP contribution in [0.5, 0.6) is 0 Å². The van der Waals surface area contributed by atoms with Gasteiger partial charge in [-0.25, -0.2) is 4.98 Å². The van der Waals surface area contributed by atoms with Gasteiger partial charge in [0.05, 0.1) is 10.9 Å². The summed E-state index contributed by atoms with van der Waals surface area (Å²) in [5, 5.41) is 3.79. The predicted octanol–water partition coefficient (Wildman–Crippen LogP) is 2.20. The second kappa shape index (κ2) is 5.01. The van der Waals surface area contributed by atoms with Crippen LogP contribution in [0.1, 0.15) is 19.3 Å². The van der Waals surface area contributed by atoms with Crippen LogP contribution in [-0.4, -0.2) is 27.5 Å². The van der Waals surface area contributed by atoms with E-state index in [0.717, 1.165) is 6.54 Å². The zero-order valence-electron chi connectivity index (χ0n) is 11.4. The summed E-state index contributed by atoms with van der Waals surface area (Å²) in [6, 6.07) is 5.19. The first-order chi connectivity index (χ1) is 9.62. The van der Waals surface area contributed by atoms with Gasteiger partial charge in [0.15, 0.2) is 0 Å². The smallest absolute Gasteiger partial charge is 0.260 e. The number of anilines is 2. The van der Waals surface area contributed by atoms with Gasteiger partial charge in [0.25, 0.3) is 5.56 Å². The van der Waals surface area contributed by atoms with Crippen molar-refractivity contribution in [2.24, 2.45) is 0 Å². The molecule has 1 aromatic heterocycles. The number of benzene rings is 1. The first-order valence-electron chi connectivity index (χ1n) is 6.70. The summed E-state index contributed by atoms with van der Waals surface area (Å²) in [6.07, 6.45) is 5.86. The van der Waals surface area contributed by atoms with E-state index in [9.17, 15) is 4.79 Å². The molecule has 5 nitrogen and oxygen atoms in total. The van der Waals surface area contributed by atoms with E-state index in [1.165, 1.54) is 19.3 Å². The van der Waals surface area contributed by atoms with Gasteiger partial charge in [0, 0.05) is 17.0 Å². The van der Waals surface area contributed by atoms with Gasteiger partial charge in [-0.05, 0) is 37.3 Å². The fraction of sp³-hybridized carbons (Fsp3) is 0.429. The number of thioether (sulfide) groups is 1. The number of aromatic amines is 1. The zero-order valence-corrected chi connectivity index (χ0v) is 12.2. The molecule has 1 aliphatic carbocycles. The molecule has 0 radical (unpaired) electrons. The first kappa shape index (κ1) is 13.3. The Kier molecular flexibility index (Phi) is 3.33. The van der Waals surface area contributed by atoms with Gasteiger partial charge in [0.1, 0.15) is 0 Å². The van der Waals surface area contributed by atoms with E-state index >= 15 is 0 Å². The molecule has 106 valence electrons.